The third-order valence-corrected chi connectivity index (χ3v) is 1.81. The van der Waals surface area contributed by atoms with Crippen LogP contribution in [0.4, 0.5) is 0 Å². The molecule has 100 valence electrons. The molecule has 5 heteroatoms. The monoisotopic (exact) mass is 273 g/mol. The minimum Gasteiger partial charge on any atom is -0.481 e. The van der Waals surface area contributed by atoms with Gasteiger partial charge in [-0.1, -0.05) is 27.7 Å². The van der Waals surface area contributed by atoms with E-state index in [-0.39, 0.29) is 5.34 Å². The highest BCUT2D eigenvalue weighted by atomic mass is 35.5. The Hall–Kier alpha value is 0.01000. The summed E-state index contributed by atoms with van der Waals surface area (Å²) in [5, 5.41) is 8.11. The zero-order valence-electron chi connectivity index (χ0n) is 10.8. The lowest BCUT2D eigenvalue weighted by molar-refractivity contribution is -0.137. The molecule has 3 nitrogen and oxygen atoms in total. The van der Waals surface area contributed by atoms with Crippen LogP contribution in [0.3, 0.4) is 0 Å². The molecule has 16 heavy (non-hydrogen) atoms. The second-order valence-electron chi connectivity index (χ2n) is 2.86. The molecule has 0 aromatic heterocycles. The first kappa shape index (κ1) is 21.3. The Morgan fingerprint density at radius 2 is 1.38 bits per heavy atom. The number of alkyl halides is 2. The van der Waals surface area contributed by atoms with E-state index in [0.29, 0.717) is 6.42 Å². The standard InChI is InChI=1S/C6H15N.C4H8O2.CH2Cl2/c1-4-7(5-2)6-3;1-2-3-4(5)6;2-1-3/h4-6H2,1-3H3;2-3H2,1H3,(H,5,6);1H2. The van der Waals surface area contributed by atoms with E-state index in [1.807, 2.05) is 6.92 Å². The fraction of sp³-hybridized carbons (Fsp3) is 0.909. The van der Waals surface area contributed by atoms with Crippen LogP contribution in [-0.4, -0.2) is 40.9 Å². The maximum atomic E-state index is 9.60. The first-order valence-electron chi connectivity index (χ1n) is 5.59. The molecule has 0 amide bonds. The Labute approximate surface area is 110 Å². The van der Waals surface area contributed by atoms with Gasteiger partial charge in [-0.15, -0.1) is 23.2 Å². The largest absolute Gasteiger partial charge is 0.481 e. The number of rotatable bonds is 5. The van der Waals surface area contributed by atoms with E-state index in [4.69, 9.17) is 28.3 Å². The van der Waals surface area contributed by atoms with Crippen molar-refractivity contribution in [2.75, 3.05) is 25.0 Å². The lowest BCUT2D eigenvalue weighted by Crippen LogP contribution is -2.21. The highest BCUT2D eigenvalue weighted by Crippen LogP contribution is 1.82. The van der Waals surface area contributed by atoms with Gasteiger partial charge in [0.1, 0.15) is 0 Å². The normalized spacial score (nSPS) is 8.69. The number of hydrogen-bond acceptors (Lipinski definition) is 2. The third-order valence-electron chi connectivity index (χ3n) is 1.81. The van der Waals surface area contributed by atoms with Gasteiger partial charge in [-0.2, -0.15) is 0 Å². The Kier molecular flexibility index (Phi) is 27.2. The van der Waals surface area contributed by atoms with Gasteiger partial charge in [0.2, 0.25) is 0 Å². The number of hydrogen-bond donors (Lipinski definition) is 1. The second kappa shape index (κ2) is 20.4. The molecular formula is C11H25Cl2NO2. The highest BCUT2D eigenvalue weighted by Gasteiger charge is 1.89. The van der Waals surface area contributed by atoms with Crippen molar-refractivity contribution in [3.8, 4) is 0 Å². The van der Waals surface area contributed by atoms with Gasteiger partial charge in [0.05, 0.1) is 5.34 Å². The average molecular weight is 274 g/mol. The Bertz CT molecular complexity index is 126. The van der Waals surface area contributed by atoms with Gasteiger partial charge in [-0.05, 0) is 26.1 Å². The first-order valence-corrected chi connectivity index (χ1v) is 6.66. The number of carboxylic acids is 1. The van der Waals surface area contributed by atoms with Crippen LogP contribution in [0.1, 0.15) is 40.5 Å². The predicted octanol–water partition coefficient (Wildman–Crippen LogP) is 3.64. The lowest BCUT2D eigenvalue weighted by Gasteiger charge is -2.13. The van der Waals surface area contributed by atoms with E-state index in [9.17, 15) is 4.79 Å². The summed E-state index contributed by atoms with van der Waals surface area (Å²) in [7, 11) is 0. The van der Waals surface area contributed by atoms with E-state index in [1.165, 1.54) is 19.6 Å². The van der Waals surface area contributed by atoms with E-state index < -0.39 is 5.97 Å². The van der Waals surface area contributed by atoms with Crippen LogP contribution in [0, 0.1) is 0 Å². The van der Waals surface area contributed by atoms with Crippen LogP contribution < -0.4 is 0 Å². The van der Waals surface area contributed by atoms with Crippen molar-refractivity contribution in [1.82, 2.24) is 4.90 Å². The van der Waals surface area contributed by atoms with Crippen LogP contribution in [0.15, 0.2) is 0 Å². The van der Waals surface area contributed by atoms with Crippen molar-refractivity contribution in [2.45, 2.75) is 40.5 Å². The summed E-state index contributed by atoms with van der Waals surface area (Å²) in [5.74, 6) is -0.711. The van der Waals surface area contributed by atoms with E-state index >= 15 is 0 Å². The number of carboxylic acid groups (broad SMARTS) is 1. The molecule has 0 saturated heterocycles. The second-order valence-corrected chi connectivity index (χ2v) is 3.67. The Morgan fingerprint density at radius 3 is 1.38 bits per heavy atom. The lowest BCUT2D eigenvalue weighted by atomic mass is 10.4. The molecule has 1 N–H and O–H groups in total. The number of carbonyl (C=O) groups is 1. The van der Waals surface area contributed by atoms with Crippen molar-refractivity contribution in [3.05, 3.63) is 0 Å². The molecule has 0 aliphatic heterocycles. The minimum atomic E-state index is -0.711. The molecule has 0 atom stereocenters. The van der Waals surface area contributed by atoms with Gasteiger partial charge in [0.15, 0.2) is 0 Å². The number of aliphatic carboxylic acids is 1. The van der Waals surface area contributed by atoms with Crippen LogP contribution in [0.25, 0.3) is 0 Å². The van der Waals surface area contributed by atoms with Gasteiger partial charge in [0.25, 0.3) is 0 Å². The average Bonchev–Trinajstić information content (AvgIpc) is 2.22. The fourth-order valence-electron chi connectivity index (χ4n) is 0.885. The van der Waals surface area contributed by atoms with Gasteiger partial charge in [-0.3, -0.25) is 4.79 Å². The Morgan fingerprint density at radius 1 is 1.06 bits per heavy atom. The molecule has 0 heterocycles. The molecule has 0 fully saturated rings. The van der Waals surface area contributed by atoms with Crippen LogP contribution >= 0.6 is 23.2 Å². The summed E-state index contributed by atoms with van der Waals surface area (Å²) in [4.78, 5) is 12.0. The van der Waals surface area contributed by atoms with Crippen molar-refractivity contribution >= 4 is 29.2 Å². The predicted molar refractivity (Wildman–Crippen MR) is 72.6 cm³/mol. The molecule has 0 aromatic carbocycles. The van der Waals surface area contributed by atoms with Gasteiger partial charge in [-0.25, -0.2) is 0 Å². The summed E-state index contributed by atoms with van der Waals surface area (Å²) in [5.41, 5.74) is 0. The highest BCUT2D eigenvalue weighted by molar-refractivity contribution is 6.40. The molecule has 0 spiro atoms. The molecule has 0 saturated carbocycles. The number of halogens is 2. The smallest absolute Gasteiger partial charge is 0.303 e. The maximum Gasteiger partial charge on any atom is 0.303 e. The zero-order chi connectivity index (χ0) is 13.4. The molecule has 0 aliphatic carbocycles. The SMILES string of the molecule is CCCC(=O)O.CCN(CC)CC.ClCCl. The molecule has 0 bridgehead atoms. The van der Waals surface area contributed by atoms with Crippen LogP contribution in [0.5, 0.6) is 0 Å². The summed E-state index contributed by atoms with van der Waals surface area (Å²) in [6.07, 6.45) is 1.02. The van der Waals surface area contributed by atoms with Gasteiger partial charge >= 0.3 is 5.97 Å². The molecule has 0 radical (unpaired) electrons. The van der Waals surface area contributed by atoms with E-state index in [0.717, 1.165) is 6.42 Å². The van der Waals surface area contributed by atoms with E-state index in [2.05, 4.69) is 25.7 Å². The van der Waals surface area contributed by atoms with Crippen molar-refractivity contribution < 1.29 is 9.90 Å². The fourth-order valence-corrected chi connectivity index (χ4v) is 0.885. The molecule has 0 aliphatic rings. The first-order chi connectivity index (χ1) is 7.53. The van der Waals surface area contributed by atoms with Crippen molar-refractivity contribution in [3.63, 3.8) is 0 Å². The molecule has 0 aromatic rings. The molecule has 0 unspecified atom stereocenters. The van der Waals surface area contributed by atoms with E-state index in [1.54, 1.807) is 0 Å². The Balaban J connectivity index is -0.000000172. The van der Waals surface area contributed by atoms with Crippen molar-refractivity contribution in [2.24, 2.45) is 0 Å². The van der Waals surface area contributed by atoms with Crippen molar-refractivity contribution in [1.29, 1.82) is 0 Å². The summed E-state index contributed by atoms with van der Waals surface area (Å²) >= 11 is 9.53. The summed E-state index contributed by atoms with van der Waals surface area (Å²) in [6, 6.07) is 0. The zero-order valence-corrected chi connectivity index (χ0v) is 12.3. The topological polar surface area (TPSA) is 40.5 Å². The van der Waals surface area contributed by atoms with Crippen LogP contribution in [-0.2, 0) is 4.79 Å². The van der Waals surface area contributed by atoms with Crippen LogP contribution in [0.2, 0.25) is 0 Å². The van der Waals surface area contributed by atoms with Gasteiger partial charge < -0.3 is 10.0 Å². The minimum absolute atomic E-state index is 0.194. The summed E-state index contributed by atoms with van der Waals surface area (Å²) in [6.45, 7) is 12.0. The quantitative estimate of drug-likeness (QED) is 0.778. The van der Waals surface area contributed by atoms with Gasteiger partial charge in [0, 0.05) is 6.42 Å². The molecule has 0 rings (SSSR count). The number of nitrogens with zero attached hydrogens (tertiary/aromatic N) is 1. The maximum absolute atomic E-state index is 9.60. The third kappa shape index (κ3) is 29.2. The summed E-state index contributed by atoms with van der Waals surface area (Å²) < 4.78 is 0. The molecular weight excluding hydrogens is 249 g/mol.